The van der Waals surface area contributed by atoms with Crippen molar-refractivity contribution in [2.45, 2.75) is 6.61 Å². The first kappa shape index (κ1) is 20.9. The highest BCUT2D eigenvalue weighted by Gasteiger charge is 2.07. The summed E-state index contributed by atoms with van der Waals surface area (Å²) in [7, 11) is 3.43. The van der Waals surface area contributed by atoms with Crippen molar-refractivity contribution in [1.29, 1.82) is 0 Å². The Morgan fingerprint density at radius 2 is 1.75 bits per heavy atom. The molecule has 2 heterocycles. The summed E-state index contributed by atoms with van der Waals surface area (Å²) < 4.78 is 7.54. The second kappa shape index (κ2) is 9.17. The smallest absolute Gasteiger partial charge is 0.323 e. The average molecular weight is 430 g/mol. The van der Waals surface area contributed by atoms with Gasteiger partial charge in [0.25, 0.3) is 5.91 Å². The molecule has 0 saturated heterocycles. The maximum atomic E-state index is 12.3. The Labute approximate surface area is 184 Å². The number of nitrogens with zero attached hydrogens (tertiary/aromatic N) is 3. The van der Waals surface area contributed by atoms with Crippen LogP contribution in [0.4, 0.5) is 16.2 Å². The Balaban J connectivity index is 1.32. The molecule has 4 rings (SSSR count). The van der Waals surface area contributed by atoms with Gasteiger partial charge < -0.3 is 20.7 Å². The third-order valence-electron chi connectivity index (χ3n) is 4.81. The second-order valence-electron chi connectivity index (χ2n) is 7.06. The molecule has 4 aromatic rings. The third kappa shape index (κ3) is 4.84. The monoisotopic (exact) mass is 430 g/mol. The van der Waals surface area contributed by atoms with E-state index >= 15 is 0 Å². The zero-order valence-electron chi connectivity index (χ0n) is 17.6. The molecule has 9 heteroatoms. The fourth-order valence-corrected chi connectivity index (χ4v) is 3.15. The summed E-state index contributed by atoms with van der Waals surface area (Å²) in [5, 5.41) is 13.3. The summed E-state index contributed by atoms with van der Waals surface area (Å²) in [4.78, 5) is 28.0. The first-order chi connectivity index (χ1) is 15.5. The van der Waals surface area contributed by atoms with Crippen LogP contribution in [0.15, 0.2) is 67.0 Å². The van der Waals surface area contributed by atoms with Gasteiger partial charge in [0.05, 0.1) is 11.7 Å². The molecule has 2 aromatic heterocycles. The van der Waals surface area contributed by atoms with Crippen LogP contribution in [0.2, 0.25) is 0 Å². The standard InChI is InChI=1S/C23H22N6O3/c1-24-22(30)20-11-15(9-10-25-20)14-32-19-6-3-17(4-7-19)27-23(31)28-18-5-8-21-16(12-18)13-26-29(21)2/h3-13H,14H2,1-2H3,(H,24,30)(H2,27,28,31). The number of ether oxygens (including phenoxy) is 1. The lowest BCUT2D eigenvalue weighted by Crippen LogP contribution is -2.19. The molecule has 3 amide bonds. The number of rotatable bonds is 6. The maximum absolute atomic E-state index is 12.3. The van der Waals surface area contributed by atoms with Crippen LogP contribution in [0.25, 0.3) is 10.9 Å². The van der Waals surface area contributed by atoms with Crippen LogP contribution in [0.5, 0.6) is 5.75 Å². The van der Waals surface area contributed by atoms with E-state index in [1.165, 1.54) is 0 Å². The van der Waals surface area contributed by atoms with E-state index in [-0.39, 0.29) is 18.5 Å². The molecule has 0 radical (unpaired) electrons. The number of fused-ring (bicyclic) bond motifs is 1. The van der Waals surface area contributed by atoms with Crippen LogP contribution >= 0.6 is 0 Å². The molecule has 0 saturated carbocycles. The van der Waals surface area contributed by atoms with Crippen molar-refractivity contribution < 1.29 is 14.3 Å². The Kier molecular flexibility index (Phi) is 5.98. The molecular formula is C23H22N6O3. The van der Waals surface area contributed by atoms with Gasteiger partial charge >= 0.3 is 6.03 Å². The van der Waals surface area contributed by atoms with Gasteiger partial charge in [0.15, 0.2) is 0 Å². The first-order valence-electron chi connectivity index (χ1n) is 9.91. The highest BCUT2D eigenvalue weighted by molar-refractivity contribution is 6.01. The van der Waals surface area contributed by atoms with Gasteiger partial charge in [-0.2, -0.15) is 5.10 Å². The number of amides is 3. The molecule has 0 aliphatic carbocycles. The first-order valence-corrected chi connectivity index (χ1v) is 9.91. The van der Waals surface area contributed by atoms with Crippen LogP contribution in [0.3, 0.4) is 0 Å². The molecule has 0 spiro atoms. The number of nitrogens with one attached hydrogen (secondary N) is 3. The van der Waals surface area contributed by atoms with Crippen molar-refractivity contribution in [3.8, 4) is 5.75 Å². The molecule has 0 bridgehead atoms. The molecule has 0 aliphatic rings. The van der Waals surface area contributed by atoms with Crippen LogP contribution < -0.4 is 20.7 Å². The van der Waals surface area contributed by atoms with Crippen molar-refractivity contribution in [3.63, 3.8) is 0 Å². The molecule has 0 atom stereocenters. The topological polar surface area (TPSA) is 110 Å². The summed E-state index contributed by atoms with van der Waals surface area (Å²) in [6, 6.07) is 15.8. The van der Waals surface area contributed by atoms with E-state index in [4.69, 9.17) is 4.74 Å². The molecule has 2 aromatic carbocycles. The van der Waals surface area contributed by atoms with E-state index in [2.05, 4.69) is 26.0 Å². The number of hydrogen-bond donors (Lipinski definition) is 3. The number of pyridine rings is 1. The highest BCUT2D eigenvalue weighted by Crippen LogP contribution is 2.20. The molecule has 162 valence electrons. The van der Waals surface area contributed by atoms with E-state index in [9.17, 15) is 9.59 Å². The van der Waals surface area contributed by atoms with Gasteiger partial charge in [-0.25, -0.2) is 4.79 Å². The number of benzene rings is 2. The summed E-state index contributed by atoms with van der Waals surface area (Å²) in [5.41, 5.74) is 3.45. The van der Waals surface area contributed by atoms with Crippen molar-refractivity contribution in [3.05, 3.63) is 78.2 Å². The minimum absolute atomic E-state index is 0.249. The van der Waals surface area contributed by atoms with Crippen LogP contribution in [0, 0.1) is 0 Å². The Morgan fingerprint density at radius 3 is 2.53 bits per heavy atom. The normalized spacial score (nSPS) is 10.6. The molecule has 9 nitrogen and oxygen atoms in total. The molecule has 32 heavy (non-hydrogen) atoms. The summed E-state index contributed by atoms with van der Waals surface area (Å²) in [5.74, 6) is 0.386. The quantitative estimate of drug-likeness (QED) is 0.433. The van der Waals surface area contributed by atoms with Gasteiger partial charge in [-0.15, -0.1) is 0 Å². The average Bonchev–Trinajstić information content (AvgIpc) is 3.18. The lowest BCUT2D eigenvalue weighted by Gasteiger charge is -2.10. The zero-order chi connectivity index (χ0) is 22.5. The fourth-order valence-electron chi connectivity index (χ4n) is 3.15. The highest BCUT2D eigenvalue weighted by atomic mass is 16.5. The van der Waals surface area contributed by atoms with Gasteiger partial charge in [-0.1, -0.05) is 0 Å². The molecule has 0 unspecified atom stereocenters. The minimum atomic E-state index is -0.347. The van der Waals surface area contributed by atoms with E-state index < -0.39 is 0 Å². The molecule has 0 aliphatic heterocycles. The zero-order valence-corrected chi connectivity index (χ0v) is 17.6. The molecule has 3 N–H and O–H groups in total. The Bertz CT molecular complexity index is 1270. The van der Waals surface area contributed by atoms with Crippen LogP contribution in [-0.4, -0.2) is 33.8 Å². The second-order valence-corrected chi connectivity index (χ2v) is 7.06. The van der Waals surface area contributed by atoms with Crippen molar-refractivity contribution in [2.24, 2.45) is 7.05 Å². The third-order valence-corrected chi connectivity index (χ3v) is 4.81. The van der Waals surface area contributed by atoms with Crippen molar-refractivity contribution >= 4 is 34.2 Å². The molecule has 0 fully saturated rings. The number of carbonyl (C=O) groups is 2. The number of aryl methyl sites for hydroxylation is 1. The summed E-state index contributed by atoms with van der Waals surface area (Å²) >= 11 is 0. The predicted molar refractivity (Wildman–Crippen MR) is 122 cm³/mol. The number of urea groups is 1. The molecular weight excluding hydrogens is 408 g/mol. The van der Waals surface area contributed by atoms with Gasteiger partial charge in [0.2, 0.25) is 0 Å². The number of hydrogen-bond acceptors (Lipinski definition) is 5. The predicted octanol–water partition coefficient (Wildman–Crippen LogP) is 3.55. The summed E-state index contributed by atoms with van der Waals surface area (Å²) in [6.45, 7) is 0.288. The lowest BCUT2D eigenvalue weighted by atomic mass is 10.2. The van der Waals surface area contributed by atoms with Crippen molar-refractivity contribution in [2.75, 3.05) is 17.7 Å². The maximum Gasteiger partial charge on any atom is 0.323 e. The van der Waals surface area contributed by atoms with Crippen LogP contribution in [-0.2, 0) is 13.7 Å². The van der Waals surface area contributed by atoms with Gasteiger partial charge in [-0.3, -0.25) is 14.5 Å². The van der Waals surface area contributed by atoms with Gasteiger partial charge in [-0.05, 0) is 60.2 Å². The van der Waals surface area contributed by atoms with E-state index in [1.54, 1.807) is 60.5 Å². The summed E-state index contributed by atoms with van der Waals surface area (Å²) in [6.07, 6.45) is 3.32. The number of aromatic nitrogens is 3. The van der Waals surface area contributed by atoms with Crippen LogP contribution in [0.1, 0.15) is 16.1 Å². The van der Waals surface area contributed by atoms with Crippen molar-refractivity contribution in [1.82, 2.24) is 20.1 Å². The fraction of sp³-hybridized carbons (Fsp3) is 0.130. The Hall–Kier alpha value is -4.40. The minimum Gasteiger partial charge on any atom is -0.489 e. The largest absolute Gasteiger partial charge is 0.489 e. The van der Waals surface area contributed by atoms with E-state index in [0.717, 1.165) is 16.5 Å². The van der Waals surface area contributed by atoms with E-state index in [1.807, 2.05) is 25.2 Å². The van der Waals surface area contributed by atoms with Gasteiger partial charge in [0.1, 0.15) is 18.1 Å². The van der Waals surface area contributed by atoms with Gasteiger partial charge in [0, 0.05) is 37.1 Å². The SMILES string of the molecule is CNC(=O)c1cc(COc2ccc(NC(=O)Nc3ccc4c(cnn4C)c3)cc2)ccn1. The number of anilines is 2. The lowest BCUT2D eigenvalue weighted by molar-refractivity contribution is 0.0958. The van der Waals surface area contributed by atoms with E-state index in [0.29, 0.717) is 22.8 Å². The Morgan fingerprint density at radius 1 is 1.00 bits per heavy atom. The number of carbonyl (C=O) groups excluding carboxylic acids is 2.